The number of likely N-dealkylation sites (N-methyl/N-ethyl adjacent to an activating group) is 1. The fraction of sp³-hybridized carbons (Fsp3) is 0.600. The molecule has 5 heteroatoms. The zero-order valence-electron chi connectivity index (χ0n) is 8.99. The smallest absolute Gasteiger partial charge is 0.240 e. The molecule has 0 aliphatic carbocycles. The van der Waals surface area contributed by atoms with E-state index in [9.17, 15) is 4.79 Å². The second-order valence-corrected chi connectivity index (χ2v) is 4.81. The van der Waals surface area contributed by atoms with E-state index in [2.05, 4.69) is 10.3 Å². The van der Waals surface area contributed by atoms with Crippen LogP contribution < -0.4 is 5.32 Å². The maximum Gasteiger partial charge on any atom is 0.240 e. The Morgan fingerprint density at radius 3 is 3.07 bits per heavy atom. The fourth-order valence-corrected chi connectivity index (χ4v) is 2.44. The maximum atomic E-state index is 11.8. The summed E-state index contributed by atoms with van der Waals surface area (Å²) in [5, 5.41) is 6.11. The summed E-state index contributed by atoms with van der Waals surface area (Å²) < 4.78 is 0. The minimum absolute atomic E-state index is 0.00438. The fourth-order valence-electron chi connectivity index (χ4n) is 1.84. The second kappa shape index (κ2) is 4.28. The van der Waals surface area contributed by atoms with Gasteiger partial charge in [0.2, 0.25) is 5.91 Å². The molecule has 82 valence electrons. The largest absolute Gasteiger partial charge is 0.335 e. The Balaban J connectivity index is 1.99. The average molecular weight is 225 g/mol. The molecule has 1 aromatic rings. The highest BCUT2D eigenvalue weighted by Crippen LogP contribution is 2.16. The first-order valence-corrected chi connectivity index (χ1v) is 5.95. The molecule has 4 nitrogen and oxygen atoms in total. The van der Waals surface area contributed by atoms with Crippen LogP contribution in [0.2, 0.25) is 0 Å². The van der Waals surface area contributed by atoms with Gasteiger partial charge in [-0.05, 0) is 20.4 Å². The van der Waals surface area contributed by atoms with Gasteiger partial charge in [0.05, 0.1) is 23.3 Å². The second-order valence-electron chi connectivity index (χ2n) is 3.75. The summed E-state index contributed by atoms with van der Waals surface area (Å²) in [5.74, 6) is 0.197. The van der Waals surface area contributed by atoms with Crippen LogP contribution in [0, 0.1) is 6.92 Å². The molecule has 1 unspecified atom stereocenters. The molecule has 0 saturated carbocycles. The van der Waals surface area contributed by atoms with E-state index in [0.717, 1.165) is 23.7 Å². The van der Waals surface area contributed by atoms with Crippen molar-refractivity contribution in [3.05, 3.63) is 16.1 Å². The number of carbonyl (C=O) groups is 1. The van der Waals surface area contributed by atoms with Gasteiger partial charge in [0.1, 0.15) is 0 Å². The molecule has 2 heterocycles. The molecule has 1 amide bonds. The van der Waals surface area contributed by atoms with Gasteiger partial charge < -0.3 is 10.2 Å². The van der Waals surface area contributed by atoms with E-state index in [4.69, 9.17) is 0 Å². The first-order chi connectivity index (χ1) is 7.20. The van der Waals surface area contributed by atoms with Gasteiger partial charge >= 0.3 is 0 Å². The highest BCUT2D eigenvalue weighted by atomic mass is 32.1. The lowest BCUT2D eigenvalue weighted by Gasteiger charge is -2.14. The van der Waals surface area contributed by atoms with Gasteiger partial charge in [-0.15, -0.1) is 11.3 Å². The number of hydrogen-bond acceptors (Lipinski definition) is 4. The molecule has 0 spiro atoms. The van der Waals surface area contributed by atoms with Crippen LogP contribution in [0.5, 0.6) is 0 Å². The van der Waals surface area contributed by atoms with Crippen molar-refractivity contribution in [3.63, 3.8) is 0 Å². The molecule has 1 saturated heterocycles. The normalized spacial score (nSPS) is 21.3. The molecule has 0 bridgehead atoms. The van der Waals surface area contributed by atoms with Crippen molar-refractivity contribution in [1.82, 2.24) is 15.2 Å². The molecule has 1 aliphatic rings. The lowest BCUT2D eigenvalue weighted by atomic mass is 10.3. The number of rotatable bonds is 3. The predicted octanol–water partition coefficient (Wildman–Crippen LogP) is 0.772. The van der Waals surface area contributed by atoms with Gasteiger partial charge in [-0.3, -0.25) is 4.79 Å². The minimum Gasteiger partial charge on any atom is -0.335 e. The van der Waals surface area contributed by atoms with Crippen molar-refractivity contribution in [2.45, 2.75) is 25.9 Å². The van der Waals surface area contributed by atoms with E-state index >= 15 is 0 Å². The van der Waals surface area contributed by atoms with Crippen molar-refractivity contribution in [3.8, 4) is 0 Å². The van der Waals surface area contributed by atoms with Gasteiger partial charge in [-0.25, -0.2) is 4.98 Å². The number of aromatic nitrogens is 1. The molecular weight excluding hydrogens is 210 g/mol. The highest BCUT2D eigenvalue weighted by Gasteiger charge is 2.30. The molecule has 0 aromatic carbocycles. The molecule has 1 fully saturated rings. The van der Waals surface area contributed by atoms with Crippen molar-refractivity contribution in [1.29, 1.82) is 0 Å². The van der Waals surface area contributed by atoms with E-state index in [1.165, 1.54) is 0 Å². The van der Waals surface area contributed by atoms with Crippen LogP contribution in [0.3, 0.4) is 0 Å². The number of hydrogen-bond donors (Lipinski definition) is 1. The van der Waals surface area contributed by atoms with Crippen LogP contribution in [-0.2, 0) is 11.3 Å². The van der Waals surface area contributed by atoms with E-state index in [-0.39, 0.29) is 11.9 Å². The summed E-state index contributed by atoms with van der Waals surface area (Å²) in [7, 11) is 1.83. The number of likely N-dealkylation sites (tertiary alicyclic amines) is 1. The van der Waals surface area contributed by atoms with Gasteiger partial charge in [0.15, 0.2) is 0 Å². The topological polar surface area (TPSA) is 45.2 Å². The number of amides is 1. The number of aryl methyl sites for hydroxylation is 1. The van der Waals surface area contributed by atoms with Crippen LogP contribution in [0.25, 0.3) is 0 Å². The molecule has 2 rings (SSSR count). The van der Waals surface area contributed by atoms with Crippen LogP contribution in [0.4, 0.5) is 0 Å². The Morgan fingerprint density at radius 1 is 1.73 bits per heavy atom. The van der Waals surface area contributed by atoms with Gasteiger partial charge in [0, 0.05) is 11.9 Å². The summed E-state index contributed by atoms with van der Waals surface area (Å²) in [5.41, 5.74) is 1.00. The Labute approximate surface area is 93.3 Å². The standard InChI is InChI=1S/C10H15N3OS/c1-7-12-8(6-15-7)5-13-4-3-9(11-2)10(13)14/h6,9,11H,3-5H2,1-2H3. The summed E-state index contributed by atoms with van der Waals surface area (Å²) in [6.07, 6.45) is 0.901. The summed E-state index contributed by atoms with van der Waals surface area (Å²) >= 11 is 1.63. The summed E-state index contributed by atoms with van der Waals surface area (Å²) in [6.45, 7) is 3.47. The highest BCUT2D eigenvalue weighted by molar-refractivity contribution is 7.09. The minimum atomic E-state index is 0.00438. The van der Waals surface area contributed by atoms with E-state index in [0.29, 0.717) is 6.54 Å². The van der Waals surface area contributed by atoms with E-state index in [1.54, 1.807) is 11.3 Å². The van der Waals surface area contributed by atoms with E-state index in [1.807, 2.05) is 24.3 Å². The van der Waals surface area contributed by atoms with Gasteiger partial charge in [-0.1, -0.05) is 0 Å². The third-order valence-electron chi connectivity index (χ3n) is 2.67. The van der Waals surface area contributed by atoms with Gasteiger partial charge in [-0.2, -0.15) is 0 Å². The Morgan fingerprint density at radius 2 is 2.53 bits per heavy atom. The monoisotopic (exact) mass is 225 g/mol. The molecule has 1 aliphatic heterocycles. The van der Waals surface area contributed by atoms with Crippen LogP contribution in [0.15, 0.2) is 5.38 Å². The molecule has 15 heavy (non-hydrogen) atoms. The Hall–Kier alpha value is -0.940. The first kappa shape index (κ1) is 10.6. The predicted molar refractivity (Wildman–Crippen MR) is 59.7 cm³/mol. The molecule has 1 atom stereocenters. The lowest BCUT2D eigenvalue weighted by Crippen LogP contribution is -2.35. The SMILES string of the molecule is CNC1CCN(Cc2csc(C)n2)C1=O. The lowest BCUT2D eigenvalue weighted by molar-refractivity contribution is -0.129. The third kappa shape index (κ3) is 2.18. The average Bonchev–Trinajstić information content (AvgIpc) is 2.76. The maximum absolute atomic E-state index is 11.8. The van der Waals surface area contributed by atoms with Crippen molar-refractivity contribution in [2.75, 3.05) is 13.6 Å². The zero-order valence-corrected chi connectivity index (χ0v) is 9.80. The van der Waals surface area contributed by atoms with Crippen molar-refractivity contribution >= 4 is 17.2 Å². The first-order valence-electron chi connectivity index (χ1n) is 5.08. The van der Waals surface area contributed by atoms with Crippen molar-refractivity contribution in [2.24, 2.45) is 0 Å². The van der Waals surface area contributed by atoms with Crippen molar-refractivity contribution < 1.29 is 4.79 Å². The number of nitrogens with zero attached hydrogens (tertiary/aromatic N) is 2. The number of nitrogens with one attached hydrogen (secondary N) is 1. The Bertz CT molecular complexity index is 363. The zero-order chi connectivity index (χ0) is 10.8. The molecular formula is C10H15N3OS. The van der Waals surface area contributed by atoms with Crippen LogP contribution >= 0.6 is 11.3 Å². The number of thiazole rings is 1. The molecule has 1 aromatic heterocycles. The van der Waals surface area contributed by atoms with Crippen LogP contribution in [0.1, 0.15) is 17.1 Å². The van der Waals surface area contributed by atoms with E-state index < -0.39 is 0 Å². The summed E-state index contributed by atoms with van der Waals surface area (Å²) in [4.78, 5) is 18.0. The summed E-state index contributed by atoms with van der Waals surface area (Å²) in [6, 6.07) is 0.00438. The van der Waals surface area contributed by atoms with Crippen LogP contribution in [-0.4, -0.2) is 35.4 Å². The third-order valence-corrected chi connectivity index (χ3v) is 3.49. The molecule has 1 N–H and O–H groups in total. The molecule has 0 radical (unpaired) electrons. The number of carbonyl (C=O) groups excluding carboxylic acids is 1. The Kier molecular flexibility index (Phi) is 3.02. The van der Waals surface area contributed by atoms with Gasteiger partial charge in [0.25, 0.3) is 0 Å². The quantitative estimate of drug-likeness (QED) is 0.826.